The number of likely N-dealkylation sites (tertiary alicyclic amines) is 1. The summed E-state index contributed by atoms with van der Waals surface area (Å²) >= 11 is 0. The molecule has 0 saturated carbocycles. The molecule has 19 heavy (non-hydrogen) atoms. The fourth-order valence-corrected chi connectivity index (χ4v) is 3.20. The highest BCUT2D eigenvalue weighted by Crippen LogP contribution is 2.31. The Kier molecular flexibility index (Phi) is 4.04. The van der Waals surface area contributed by atoms with Crippen LogP contribution >= 0.6 is 0 Å². The molecule has 1 heterocycles. The predicted octanol–water partition coefficient (Wildman–Crippen LogP) is 2.50. The molecule has 3 heteroatoms. The molecule has 2 N–H and O–H groups in total. The minimum atomic E-state index is 0.235. The van der Waals surface area contributed by atoms with Crippen LogP contribution in [0, 0.1) is 0 Å². The summed E-state index contributed by atoms with van der Waals surface area (Å²) < 4.78 is 5.86. The number of aryl methyl sites for hydroxylation is 1. The Hall–Kier alpha value is -1.06. The smallest absolute Gasteiger partial charge is 0.119 e. The Bertz CT molecular complexity index is 427. The molecule has 0 amide bonds. The van der Waals surface area contributed by atoms with Crippen molar-refractivity contribution < 1.29 is 4.74 Å². The van der Waals surface area contributed by atoms with E-state index in [0.717, 1.165) is 31.6 Å². The van der Waals surface area contributed by atoms with Crippen molar-refractivity contribution in [3.8, 4) is 5.75 Å². The Morgan fingerprint density at radius 3 is 2.95 bits per heavy atom. The van der Waals surface area contributed by atoms with Crippen LogP contribution in [0.4, 0.5) is 0 Å². The van der Waals surface area contributed by atoms with Gasteiger partial charge in [-0.2, -0.15) is 0 Å². The van der Waals surface area contributed by atoms with Gasteiger partial charge in [-0.25, -0.2) is 0 Å². The Balaban J connectivity index is 1.45. The van der Waals surface area contributed by atoms with Gasteiger partial charge in [0.05, 0.1) is 6.61 Å². The van der Waals surface area contributed by atoms with Crippen molar-refractivity contribution in [3.63, 3.8) is 0 Å². The maximum atomic E-state index is 6.04. The minimum absolute atomic E-state index is 0.235. The average Bonchev–Trinajstić information content (AvgIpc) is 3.05. The summed E-state index contributed by atoms with van der Waals surface area (Å²) in [6.07, 6.45) is 6.03. The second kappa shape index (κ2) is 5.93. The van der Waals surface area contributed by atoms with Gasteiger partial charge in [0.15, 0.2) is 0 Å². The highest BCUT2D eigenvalue weighted by Gasteiger charge is 2.19. The van der Waals surface area contributed by atoms with E-state index in [0.29, 0.717) is 0 Å². The number of hydrogen-bond acceptors (Lipinski definition) is 3. The quantitative estimate of drug-likeness (QED) is 0.827. The predicted molar refractivity (Wildman–Crippen MR) is 77.5 cm³/mol. The number of ether oxygens (including phenoxy) is 1. The molecule has 1 aliphatic carbocycles. The maximum absolute atomic E-state index is 6.04. The van der Waals surface area contributed by atoms with Gasteiger partial charge in [-0.1, -0.05) is 6.07 Å². The highest BCUT2D eigenvalue weighted by molar-refractivity contribution is 5.40. The van der Waals surface area contributed by atoms with E-state index in [1.807, 2.05) is 0 Å². The van der Waals surface area contributed by atoms with Crippen LogP contribution in [0.3, 0.4) is 0 Å². The van der Waals surface area contributed by atoms with E-state index >= 15 is 0 Å². The van der Waals surface area contributed by atoms with E-state index < -0.39 is 0 Å². The summed E-state index contributed by atoms with van der Waals surface area (Å²) in [4.78, 5) is 2.53. The Morgan fingerprint density at radius 1 is 1.26 bits per heavy atom. The number of nitrogens with two attached hydrogens (primary N) is 1. The summed E-state index contributed by atoms with van der Waals surface area (Å²) in [6, 6.07) is 6.62. The monoisotopic (exact) mass is 260 g/mol. The van der Waals surface area contributed by atoms with Crippen molar-refractivity contribution in [2.75, 3.05) is 26.2 Å². The van der Waals surface area contributed by atoms with Crippen LogP contribution in [-0.2, 0) is 6.42 Å². The van der Waals surface area contributed by atoms with Gasteiger partial charge in [0.2, 0.25) is 0 Å². The van der Waals surface area contributed by atoms with E-state index in [1.165, 1.54) is 43.6 Å². The average molecular weight is 260 g/mol. The molecule has 1 aromatic carbocycles. The number of fused-ring (bicyclic) bond motifs is 1. The lowest BCUT2D eigenvalue weighted by atomic mass is 10.1. The molecule has 0 aromatic heterocycles. The molecule has 1 atom stereocenters. The first-order valence-corrected chi connectivity index (χ1v) is 7.56. The SMILES string of the molecule is NC1CCc2cc(OCCCN3CCCC3)ccc21. The van der Waals surface area contributed by atoms with Crippen LogP contribution in [0.15, 0.2) is 18.2 Å². The zero-order valence-electron chi connectivity index (χ0n) is 11.6. The van der Waals surface area contributed by atoms with Crippen molar-refractivity contribution in [1.82, 2.24) is 4.90 Å². The van der Waals surface area contributed by atoms with Gasteiger partial charge in [0.25, 0.3) is 0 Å². The summed E-state index contributed by atoms with van der Waals surface area (Å²) in [5, 5.41) is 0. The molecule has 1 fully saturated rings. The van der Waals surface area contributed by atoms with Gasteiger partial charge in [-0.3, -0.25) is 0 Å². The van der Waals surface area contributed by atoms with Crippen LogP contribution in [-0.4, -0.2) is 31.1 Å². The second-order valence-corrected chi connectivity index (χ2v) is 5.76. The van der Waals surface area contributed by atoms with E-state index in [-0.39, 0.29) is 6.04 Å². The molecule has 1 saturated heterocycles. The first kappa shape index (κ1) is 12.9. The lowest BCUT2D eigenvalue weighted by Crippen LogP contribution is -2.21. The van der Waals surface area contributed by atoms with Gasteiger partial charge < -0.3 is 15.4 Å². The minimum Gasteiger partial charge on any atom is -0.494 e. The normalized spacial score (nSPS) is 22.7. The molecule has 0 spiro atoms. The maximum Gasteiger partial charge on any atom is 0.119 e. The fourth-order valence-electron chi connectivity index (χ4n) is 3.20. The number of rotatable bonds is 5. The molecule has 0 radical (unpaired) electrons. The summed E-state index contributed by atoms with van der Waals surface area (Å²) in [7, 11) is 0. The first-order valence-electron chi connectivity index (χ1n) is 7.56. The van der Waals surface area contributed by atoms with Crippen LogP contribution in [0.2, 0.25) is 0 Å². The zero-order valence-corrected chi connectivity index (χ0v) is 11.6. The highest BCUT2D eigenvalue weighted by atomic mass is 16.5. The molecular weight excluding hydrogens is 236 g/mol. The van der Waals surface area contributed by atoms with Gasteiger partial charge in [-0.15, -0.1) is 0 Å². The number of nitrogens with zero attached hydrogens (tertiary/aromatic N) is 1. The number of hydrogen-bond donors (Lipinski definition) is 1. The van der Waals surface area contributed by atoms with Crippen molar-refractivity contribution in [3.05, 3.63) is 29.3 Å². The molecule has 2 aliphatic rings. The van der Waals surface area contributed by atoms with Crippen molar-refractivity contribution in [1.29, 1.82) is 0 Å². The van der Waals surface area contributed by atoms with E-state index in [1.54, 1.807) is 0 Å². The van der Waals surface area contributed by atoms with E-state index in [9.17, 15) is 0 Å². The van der Waals surface area contributed by atoms with E-state index in [4.69, 9.17) is 10.5 Å². The molecular formula is C16H24N2O. The van der Waals surface area contributed by atoms with Crippen LogP contribution < -0.4 is 10.5 Å². The van der Waals surface area contributed by atoms with Gasteiger partial charge in [0, 0.05) is 12.6 Å². The molecule has 3 nitrogen and oxygen atoms in total. The molecule has 1 aromatic rings. The third-order valence-corrected chi connectivity index (χ3v) is 4.32. The topological polar surface area (TPSA) is 38.5 Å². The summed E-state index contributed by atoms with van der Waals surface area (Å²) in [6.45, 7) is 4.55. The zero-order chi connectivity index (χ0) is 13.1. The van der Waals surface area contributed by atoms with Crippen LogP contribution in [0.5, 0.6) is 5.75 Å². The second-order valence-electron chi connectivity index (χ2n) is 5.76. The van der Waals surface area contributed by atoms with Crippen LogP contribution in [0.25, 0.3) is 0 Å². The fraction of sp³-hybridized carbons (Fsp3) is 0.625. The lowest BCUT2D eigenvalue weighted by Gasteiger charge is -2.14. The van der Waals surface area contributed by atoms with Gasteiger partial charge >= 0.3 is 0 Å². The molecule has 1 unspecified atom stereocenters. The van der Waals surface area contributed by atoms with Crippen molar-refractivity contribution in [2.24, 2.45) is 5.73 Å². The standard InChI is InChI=1S/C16H24N2O/c17-16-7-4-13-12-14(5-6-15(13)16)19-11-3-10-18-8-1-2-9-18/h5-6,12,16H,1-4,7-11,17H2. The molecule has 104 valence electrons. The Morgan fingerprint density at radius 2 is 2.11 bits per heavy atom. The molecule has 1 aliphatic heterocycles. The van der Waals surface area contributed by atoms with Crippen LogP contribution in [0.1, 0.15) is 42.9 Å². The largest absolute Gasteiger partial charge is 0.494 e. The van der Waals surface area contributed by atoms with E-state index in [2.05, 4.69) is 23.1 Å². The summed E-state index contributed by atoms with van der Waals surface area (Å²) in [5.74, 6) is 1.01. The number of benzene rings is 1. The van der Waals surface area contributed by atoms with Gasteiger partial charge in [-0.05, 0) is 68.5 Å². The van der Waals surface area contributed by atoms with Crippen molar-refractivity contribution in [2.45, 2.75) is 38.1 Å². The third-order valence-electron chi connectivity index (χ3n) is 4.32. The third kappa shape index (κ3) is 3.10. The first-order chi connectivity index (χ1) is 9.33. The lowest BCUT2D eigenvalue weighted by molar-refractivity contribution is 0.263. The van der Waals surface area contributed by atoms with Crippen molar-refractivity contribution >= 4 is 0 Å². The molecule has 0 bridgehead atoms. The van der Waals surface area contributed by atoms with Gasteiger partial charge in [0.1, 0.15) is 5.75 Å². The Labute approximate surface area is 115 Å². The summed E-state index contributed by atoms with van der Waals surface area (Å²) in [5.41, 5.74) is 8.73. The molecule has 3 rings (SSSR count).